The smallest absolute Gasteiger partial charge is 0.407 e. The molecule has 1 fully saturated rings. The molecule has 1 saturated heterocycles. The van der Waals surface area contributed by atoms with E-state index in [1.807, 2.05) is 0 Å². The Kier molecular flexibility index (Phi) is 7.03. The molecule has 1 aromatic heterocycles. The quantitative estimate of drug-likeness (QED) is 0.655. The molecular formula is C17H26N4O6. The number of nitrogens with one attached hydrogen (secondary N) is 2. The van der Waals surface area contributed by atoms with E-state index in [-0.39, 0.29) is 29.4 Å². The Morgan fingerprint density at radius 3 is 2.67 bits per heavy atom. The molecule has 150 valence electrons. The van der Waals surface area contributed by atoms with E-state index in [1.54, 1.807) is 0 Å². The van der Waals surface area contributed by atoms with Crippen LogP contribution in [0.25, 0.3) is 0 Å². The lowest BCUT2D eigenvalue weighted by atomic mass is 9.73. The molecule has 10 heteroatoms. The minimum Gasteiger partial charge on any atom is -0.465 e. The highest BCUT2D eigenvalue weighted by Crippen LogP contribution is 2.37. The van der Waals surface area contributed by atoms with Gasteiger partial charge in [0.05, 0.1) is 0 Å². The number of hydrogen-bond donors (Lipinski definition) is 3. The van der Waals surface area contributed by atoms with Gasteiger partial charge in [0.1, 0.15) is 0 Å². The molecule has 0 spiro atoms. The molecule has 0 aromatic carbocycles. The van der Waals surface area contributed by atoms with Crippen LogP contribution in [0.5, 0.6) is 0 Å². The van der Waals surface area contributed by atoms with Crippen molar-refractivity contribution in [2.45, 2.75) is 39.2 Å². The number of piperidine rings is 1. The third kappa shape index (κ3) is 5.60. The van der Waals surface area contributed by atoms with Crippen molar-refractivity contribution < 1.29 is 28.8 Å². The first kappa shape index (κ1) is 20.5. The maximum absolute atomic E-state index is 11.8. The number of rotatable bonds is 7. The fourth-order valence-electron chi connectivity index (χ4n) is 3.19. The molecule has 3 amide bonds. The Morgan fingerprint density at radius 2 is 2.07 bits per heavy atom. The van der Waals surface area contributed by atoms with E-state index < -0.39 is 12.2 Å². The lowest BCUT2D eigenvalue weighted by molar-refractivity contribution is 0.0800. The standard InChI is InChI=1S/C17H26N4O6/c1-3-17(5-8-21(9-6-17)16(24)25)4-7-19-15(23)26-11-12-10-13(20-27-12)14(22)18-2/h10H,3-9,11H2,1-2H3,(H,18,22)(H,19,23)(H,24,25). The molecule has 0 saturated carbocycles. The average molecular weight is 382 g/mol. The zero-order valence-corrected chi connectivity index (χ0v) is 15.6. The van der Waals surface area contributed by atoms with Gasteiger partial charge in [-0.25, -0.2) is 9.59 Å². The predicted molar refractivity (Wildman–Crippen MR) is 94.3 cm³/mol. The highest BCUT2D eigenvalue weighted by molar-refractivity contribution is 5.91. The second-order valence-corrected chi connectivity index (χ2v) is 6.63. The number of likely N-dealkylation sites (tertiary alicyclic amines) is 1. The predicted octanol–water partition coefficient (Wildman–Crippen LogP) is 1.82. The minimum absolute atomic E-state index is 0.0343. The number of alkyl carbamates (subject to hydrolysis) is 1. The summed E-state index contributed by atoms with van der Waals surface area (Å²) in [6.07, 6.45) is 1.79. The molecular weight excluding hydrogens is 356 g/mol. The van der Waals surface area contributed by atoms with Crippen LogP contribution in [-0.2, 0) is 11.3 Å². The summed E-state index contributed by atoms with van der Waals surface area (Å²) in [6.45, 7) is 3.45. The van der Waals surface area contributed by atoms with Gasteiger partial charge in [0.2, 0.25) is 0 Å². The van der Waals surface area contributed by atoms with Crippen LogP contribution in [0.2, 0.25) is 0 Å². The number of nitrogens with zero attached hydrogens (tertiary/aromatic N) is 2. The molecule has 1 aromatic rings. The second kappa shape index (κ2) is 9.24. The molecule has 3 N–H and O–H groups in total. The first-order chi connectivity index (χ1) is 12.9. The van der Waals surface area contributed by atoms with Crippen LogP contribution < -0.4 is 10.6 Å². The fourth-order valence-corrected chi connectivity index (χ4v) is 3.19. The molecule has 0 atom stereocenters. The van der Waals surface area contributed by atoms with Crippen LogP contribution in [0.3, 0.4) is 0 Å². The second-order valence-electron chi connectivity index (χ2n) is 6.63. The molecule has 10 nitrogen and oxygen atoms in total. The molecule has 1 aliphatic rings. The van der Waals surface area contributed by atoms with E-state index in [9.17, 15) is 14.4 Å². The van der Waals surface area contributed by atoms with Gasteiger partial charge in [-0.05, 0) is 24.7 Å². The zero-order valence-electron chi connectivity index (χ0n) is 15.6. The number of aromatic nitrogens is 1. The number of carboxylic acid groups (broad SMARTS) is 1. The summed E-state index contributed by atoms with van der Waals surface area (Å²) in [5.74, 6) is -0.108. The van der Waals surface area contributed by atoms with Gasteiger partial charge in [-0.2, -0.15) is 0 Å². The van der Waals surface area contributed by atoms with Crippen LogP contribution in [0, 0.1) is 5.41 Å². The normalized spacial score (nSPS) is 15.9. The molecule has 27 heavy (non-hydrogen) atoms. The van der Waals surface area contributed by atoms with Gasteiger partial charge in [0, 0.05) is 32.7 Å². The monoisotopic (exact) mass is 382 g/mol. The van der Waals surface area contributed by atoms with Crippen LogP contribution in [0.1, 0.15) is 48.9 Å². The summed E-state index contributed by atoms with van der Waals surface area (Å²) in [6, 6.07) is 1.41. The topological polar surface area (TPSA) is 134 Å². The van der Waals surface area contributed by atoms with Crippen molar-refractivity contribution >= 4 is 18.1 Å². The molecule has 0 bridgehead atoms. The molecule has 2 heterocycles. The van der Waals surface area contributed by atoms with Gasteiger partial charge in [0.25, 0.3) is 5.91 Å². The van der Waals surface area contributed by atoms with E-state index in [0.29, 0.717) is 19.6 Å². The zero-order chi connectivity index (χ0) is 19.9. The van der Waals surface area contributed by atoms with Crippen molar-refractivity contribution in [3.8, 4) is 0 Å². The average Bonchev–Trinajstić information content (AvgIpc) is 3.15. The summed E-state index contributed by atoms with van der Waals surface area (Å²) in [4.78, 5) is 35.7. The van der Waals surface area contributed by atoms with Gasteiger partial charge < -0.3 is 29.9 Å². The highest BCUT2D eigenvalue weighted by atomic mass is 16.6. The van der Waals surface area contributed by atoms with Crippen molar-refractivity contribution in [3.05, 3.63) is 17.5 Å². The van der Waals surface area contributed by atoms with E-state index in [4.69, 9.17) is 14.4 Å². The van der Waals surface area contributed by atoms with Gasteiger partial charge >= 0.3 is 12.2 Å². The fraction of sp³-hybridized carbons (Fsp3) is 0.647. The van der Waals surface area contributed by atoms with Crippen LogP contribution >= 0.6 is 0 Å². The third-order valence-electron chi connectivity index (χ3n) is 5.13. The molecule has 0 unspecified atom stereocenters. The van der Waals surface area contributed by atoms with E-state index >= 15 is 0 Å². The number of hydrogen-bond acceptors (Lipinski definition) is 6. The third-order valence-corrected chi connectivity index (χ3v) is 5.13. The van der Waals surface area contributed by atoms with Crippen LogP contribution in [0.4, 0.5) is 9.59 Å². The molecule has 2 rings (SSSR count). The van der Waals surface area contributed by atoms with Crippen molar-refractivity contribution in [1.82, 2.24) is 20.7 Å². The van der Waals surface area contributed by atoms with Gasteiger partial charge in [-0.1, -0.05) is 18.5 Å². The first-order valence-corrected chi connectivity index (χ1v) is 8.95. The Morgan fingerprint density at radius 1 is 1.37 bits per heavy atom. The summed E-state index contributed by atoms with van der Waals surface area (Å²) < 4.78 is 9.99. The molecule has 1 aliphatic heterocycles. The SMILES string of the molecule is CCC1(CCNC(=O)OCc2cc(C(=O)NC)no2)CCN(C(=O)O)CC1. The van der Waals surface area contributed by atoms with Crippen molar-refractivity contribution in [3.63, 3.8) is 0 Å². The van der Waals surface area contributed by atoms with Crippen LogP contribution in [0.15, 0.2) is 10.6 Å². The number of carbonyl (C=O) groups excluding carboxylic acids is 2. The summed E-state index contributed by atoms with van der Waals surface area (Å²) in [7, 11) is 1.48. The Labute approximate surface area is 157 Å². The Balaban J connectivity index is 1.71. The largest absolute Gasteiger partial charge is 0.465 e. The summed E-state index contributed by atoms with van der Waals surface area (Å²) in [5.41, 5.74) is 0.154. The highest BCUT2D eigenvalue weighted by Gasteiger charge is 2.34. The maximum Gasteiger partial charge on any atom is 0.407 e. The Bertz CT molecular complexity index is 666. The van der Waals surface area contributed by atoms with Gasteiger partial charge in [0.15, 0.2) is 18.1 Å². The van der Waals surface area contributed by atoms with Gasteiger partial charge in [-0.3, -0.25) is 4.79 Å². The van der Waals surface area contributed by atoms with E-state index in [1.165, 1.54) is 18.0 Å². The van der Waals surface area contributed by atoms with Crippen molar-refractivity contribution in [2.75, 3.05) is 26.7 Å². The van der Waals surface area contributed by atoms with Crippen molar-refractivity contribution in [2.24, 2.45) is 5.41 Å². The lowest BCUT2D eigenvalue weighted by Crippen LogP contribution is -2.43. The first-order valence-electron chi connectivity index (χ1n) is 8.95. The molecule has 0 aliphatic carbocycles. The summed E-state index contributed by atoms with van der Waals surface area (Å²) in [5, 5.41) is 17.8. The summed E-state index contributed by atoms with van der Waals surface area (Å²) >= 11 is 0. The minimum atomic E-state index is -0.881. The van der Waals surface area contributed by atoms with E-state index in [0.717, 1.165) is 25.7 Å². The number of carbonyl (C=O) groups is 3. The number of ether oxygens (including phenoxy) is 1. The Hall–Kier alpha value is -2.78. The van der Waals surface area contributed by atoms with Crippen LogP contribution in [-0.4, -0.2) is 59.9 Å². The van der Waals surface area contributed by atoms with Crippen molar-refractivity contribution in [1.29, 1.82) is 0 Å². The lowest BCUT2D eigenvalue weighted by Gasteiger charge is -2.40. The number of amides is 3. The van der Waals surface area contributed by atoms with Gasteiger partial charge in [-0.15, -0.1) is 0 Å². The maximum atomic E-state index is 11.8. The molecule has 0 radical (unpaired) electrons. The van der Waals surface area contributed by atoms with E-state index in [2.05, 4.69) is 22.7 Å².